The number of benzene rings is 1. The molecule has 0 unspecified atom stereocenters. The van der Waals surface area contributed by atoms with Crippen LogP contribution in [0.1, 0.15) is 12.7 Å². The van der Waals surface area contributed by atoms with E-state index in [1.807, 2.05) is 6.92 Å². The van der Waals surface area contributed by atoms with Crippen molar-refractivity contribution in [1.82, 2.24) is 9.97 Å². The topological polar surface area (TPSA) is 57.8 Å². The number of aromatic nitrogens is 2. The molecule has 0 bridgehead atoms. The molecule has 1 aromatic heterocycles. The smallest absolute Gasteiger partial charge is 0.252 e. The summed E-state index contributed by atoms with van der Waals surface area (Å²) in [6.45, 7) is 1.89. The van der Waals surface area contributed by atoms with Crippen molar-refractivity contribution in [2.24, 2.45) is 0 Å². The molecule has 0 saturated carbocycles. The Balaban J connectivity index is 2.30. The lowest BCUT2D eigenvalue weighted by atomic mass is 10.3. The van der Waals surface area contributed by atoms with Crippen molar-refractivity contribution in [2.45, 2.75) is 13.3 Å². The molecule has 2 N–H and O–H groups in total. The highest BCUT2D eigenvalue weighted by molar-refractivity contribution is 6.31. The van der Waals surface area contributed by atoms with Crippen molar-refractivity contribution in [2.75, 3.05) is 5.32 Å². The fourth-order valence-corrected chi connectivity index (χ4v) is 1.64. The number of hydrogen-bond donors (Lipinski definition) is 2. The maximum atomic E-state index is 13.0. The van der Waals surface area contributed by atoms with E-state index in [4.69, 9.17) is 11.6 Å². The van der Waals surface area contributed by atoms with E-state index in [-0.39, 0.29) is 10.6 Å². The second-order valence-corrected chi connectivity index (χ2v) is 4.09. The van der Waals surface area contributed by atoms with E-state index in [2.05, 4.69) is 15.3 Å². The van der Waals surface area contributed by atoms with E-state index in [9.17, 15) is 9.18 Å². The summed E-state index contributed by atoms with van der Waals surface area (Å²) >= 11 is 5.67. The average molecular weight is 268 g/mol. The predicted octanol–water partition coefficient (Wildman–Crippen LogP) is 2.87. The lowest BCUT2D eigenvalue weighted by molar-refractivity contribution is 0.628. The lowest BCUT2D eigenvalue weighted by Gasteiger charge is -2.07. The van der Waals surface area contributed by atoms with Gasteiger partial charge >= 0.3 is 0 Å². The Morgan fingerprint density at radius 2 is 2.22 bits per heavy atom. The first kappa shape index (κ1) is 12.6. The summed E-state index contributed by atoms with van der Waals surface area (Å²) in [5.41, 5.74) is 0.333. The minimum atomic E-state index is -0.490. The first-order valence-electron chi connectivity index (χ1n) is 5.41. The largest absolute Gasteiger partial charge is 0.340 e. The van der Waals surface area contributed by atoms with Gasteiger partial charge in [-0.3, -0.25) is 4.79 Å². The second-order valence-electron chi connectivity index (χ2n) is 3.68. The van der Waals surface area contributed by atoms with Crippen LogP contribution in [0.25, 0.3) is 0 Å². The zero-order valence-electron chi connectivity index (χ0n) is 9.63. The van der Waals surface area contributed by atoms with E-state index in [1.54, 1.807) is 0 Å². The van der Waals surface area contributed by atoms with Crippen molar-refractivity contribution in [3.05, 3.63) is 51.3 Å². The molecule has 0 radical (unpaired) electrons. The number of aromatic amines is 1. The number of hydrogen-bond acceptors (Lipinski definition) is 3. The molecule has 6 heteroatoms. The first-order valence-corrected chi connectivity index (χ1v) is 5.78. The van der Waals surface area contributed by atoms with Gasteiger partial charge in [-0.25, -0.2) is 9.37 Å². The second kappa shape index (κ2) is 5.18. The van der Waals surface area contributed by atoms with Gasteiger partial charge in [0.2, 0.25) is 0 Å². The van der Waals surface area contributed by atoms with Crippen molar-refractivity contribution in [1.29, 1.82) is 0 Å². The van der Waals surface area contributed by atoms with Crippen LogP contribution in [-0.2, 0) is 6.42 Å². The number of nitrogens with zero attached hydrogens (tertiary/aromatic N) is 1. The summed E-state index contributed by atoms with van der Waals surface area (Å²) in [6, 6.07) is 5.54. The summed E-state index contributed by atoms with van der Waals surface area (Å²) in [4.78, 5) is 18.2. The Labute approximate surface area is 108 Å². The number of rotatable bonds is 3. The third-order valence-corrected chi connectivity index (χ3v) is 2.61. The van der Waals surface area contributed by atoms with Crippen molar-refractivity contribution >= 4 is 23.1 Å². The van der Waals surface area contributed by atoms with Crippen LogP contribution in [0.5, 0.6) is 0 Å². The highest BCUT2D eigenvalue weighted by atomic mass is 35.5. The molecule has 0 aliphatic carbocycles. The number of halogens is 2. The fraction of sp³-hybridized carbons (Fsp3) is 0.167. The lowest BCUT2D eigenvalue weighted by Crippen LogP contribution is -2.11. The van der Waals surface area contributed by atoms with E-state index >= 15 is 0 Å². The molecule has 2 aromatic rings. The molecule has 0 atom stereocenters. The molecule has 94 valence electrons. The molecule has 1 aromatic carbocycles. The molecule has 0 aliphatic rings. The zero-order chi connectivity index (χ0) is 13.1. The van der Waals surface area contributed by atoms with Gasteiger partial charge in [0.25, 0.3) is 5.56 Å². The highest BCUT2D eigenvalue weighted by Crippen LogP contribution is 2.21. The van der Waals surface area contributed by atoms with Crippen LogP contribution in [0.15, 0.2) is 29.1 Å². The molecule has 4 nitrogen and oxygen atoms in total. The van der Waals surface area contributed by atoms with Gasteiger partial charge < -0.3 is 10.3 Å². The Hall–Kier alpha value is -1.88. The van der Waals surface area contributed by atoms with Crippen LogP contribution in [-0.4, -0.2) is 9.97 Å². The molecule has 2 rings (SSSR count). The summed E-state index contributed by atoms with van der Waals surface area (Å²) in [7, 11) is 0. The molecule has 0 aliphatic heterocycles. The van der Waals surface area contributed by atoms with Crippen LogP contribution in [0, 0.1) is 5.82 Å². The molecule has 0 fully saturated rings. The Morgan fingerprint density at radius 1 is 1.44 bits per heavy atom. The number of anilines is 2. The zero-order valence-corrected chi connectivity index (χ0v) is 10.4. The van der Waals surface area contributed by atoms with E-state index < -0.39 is 5.82 Å². The third kappa shape index (κ3) is 2.87. The maximum absolute atomic E-state index is 13.0. The van der Waals surface area contributed by atoms with Crippen LogP contribution in [0.2, 0.25) is 5.02 Å². The summed E-state index contributed by atoms with van der Waals surface area (Å²) in [5, 5.41) is 2.92. The SMILES string of the molecule is CCc1nc(Nc2ccc(F)c(Cl)c2)cc(=O)[nH]1. The minimum absolute atomic E-state index is 0.0144. The molecular weight excluding hydrogens is 257 g/mol. The number of aryl methyl sites for hydroxylation is 1. The maximum Gasteiger partial charge on any atom is 0.252 e. The van der Waals surface area contributed by atoms with Gasteiger partial charge in [0.05, 0.1) is 5.02 Å². The Bertz CT molecular complexity index is 627. The summed E-state index contributed by atoms with van der Waals surface area (Å²) in [5.74, 6) is 0.492. The van der Waals surface area contributed by atoms with Crippen LogP contribution < -0.4 is 10.9 Å². The van der Waals surface area contributed by atoms with Gasteiger partial charge in [-0.05, 0) is 18.2 Å². The van der Waals surface area contributed by atoms with Crippen LogP contribution in [0.4, 0.5) is 15.9 Å². The monoisotopic (exact) mass is 267 g/mol. The van der Waals surface area contributed by atoms with Gasteiger partial charge in [0.15, 0.2) is 0 Å². The van der Waals surface area contributed by atoms with Gasteiger partial charge in [-0.1, -0.05) is 18.5 Å². The molecule has 0 spiro atoms. The fourth-order valence-electron chi connectivity index (χ4n) is 1.46. The standard InChI is InChI=1S/C12H11ClFN3O/c1-2-10-16-11(6-12(18)17-10)15-7-3-4-9(14)8(13)5-7/h3-6H,2H2,1H3,(H2,15,16,17,18). The summed E-state index contributed by atoms with van der Waals surface area (Å²) in [6.07, 6.45) is 0.620. The number of nitrogens with one attached hydrogen (secondary N) is 2. The van der Waals surface area contributed by atoms with Crippen LogP contribution >= 0.6 is 11.6 Å². The van der Waals surface area contributed by atoms with Crippen LogP contribution in [0.3, 0.4) is 0 Å². The average Bonchev–Trinajstić information content (AvgIpc) is 2.33. The van der Waals surface area contributed by atoms with Crippen molar-refractivity contribution < 1.29 is 4.39 Å². The van der Waals surface area contributed by atoms with Crippen molar-refractivity contribution in [3.8, 4) is 0 Å². The first-order chi connectivity index (χ1) is 8.58. The molecule has 1 heterocycles. The minimum Gasteiger partial charge on any atom is -0.340 e. The predicted molar refractivity (Wildman–Crippen MR) is 68.9 cm³/mol. The van der Waals surface area contributed by atoms with Gasteiger partial charge in [0.1, 0.15) is 17.5 Å². The quantitative estimate of drug-likeness (QED) is 0.899. The van der Waals surface area contributed by atoms with E-state index in [0.29, 0.717) is 23.8 Å². The molecule has 0 amide bonds. The van der Waals surface area contributed by atoms with E-state index in [1.165, 1.54) is 24.3 Å². The molecule has 0 saturated heterocycles. The molecular formula is C12H11ClFN3O. The van der Waals surface area contributed by atoms with Gasteiger partial charge in [-0.15, -0.1) is 0 Å². The normalized spacial score (nSPS) is 10.4. The summed E-state index contributed by atoms with van der Waals surface area (Å²) < 4.78 is 13.0. The third-order valence-electron chi connectivity index (χ3n) is 2.32. The van der Waals surface area contributed by atoms with Gasteiger partial charge in [-0.2, -0.15) is 0 Å². The van der Waals surface area contributed by atoms with Gasteiger partial charge in [0, 0.05) is 18.2 Å². The number of H-pyrrole nitrogens is 1. The molecule has 18 heavy (non-hydrogen) atoms. The highest BCUT2D eigenvalue weighted by Gasteiger charge is 2.03. The Morgan fingerprint density at radius 3 is 2.89 bits per heavy atom. The van der Waals surface area contributed by atoms with Crippen molar-refractivity contribution in [3.63, 3.8) is 0 Å². The van der Waals surface area contributed by atoms with E-state index in [0.717, 1.165) is 0 Å². The Kier molecular flexibility index (Phi) is 3.62.